The van der Waals surface area contributed by atoms with E-state index in [1.807, 2.05) is 0 Å². The van der Waals surface area contributed by atoms with E-state index in [2.05, 4.69) is 12.2 Å². The van der Waals surface area contributed by atoms with Crippen molar-refractivity contribution in [3.63, 3.8) is 0 Å². The Hall–Kier alpha value is 0.110. The standard InChI is InChI=1S/C8H19NOS/c1-3-4-6-9-7-5-8-11(2)10/h9H,3-8H2,1-2H3. The van der Waals surface area contributed by atoms with Crippen molar-refractivity contribution in [3.8, 4) is 0 Å². The van der Waals surface area contributed by atoms with Gasteiger partial charge in [0.05, 0.1) is 0 Å². The van der Waals surface area contributed by atoms with Gasteiger partial charge in [-0.1, -0.05) is 13.3 Å². The third kappa shape index (κ3) is 10.1. The lowest BCUT2D eigenvalue weighted by atomic mass is 10.3. The van der Waals surface area contributed by atoms with Gasteiger partial charge in [0, 0.05) is 22.8 Å². The zero-order valence-corrected chi connectivity index (χ0v) is 8.38. The second-order valence-electron chi connectivity index (χ2n) is 2.73. The summed E-state index contributed by atoms with van der Waals surface area (Å²) in [5.74, 6) is 0.832. The number of nitrogens with one attached hydrogen (secondary N) is 1. The van der Waals surface area contributed by atoms with E-state index < -0.39 is 10.8 Å². The van der Waals surface area contributed by atoms with E-state index in [9.17, 15) is 4.21 Å². The summed E-state index contributed by atoms with van der Waals surface area (Å²) in [7, 11) is -0.613. The van der Waals surface area contributed by atoms with Crippen LogP contribution < -0.4 is 5.32 Å². The van der Waals surface area contributed by atoms with Gasteiger partial charge >= 0.3 is 0 Å². The van der Waals surface area contributed by atoms with Crippen LogP contribution in [0.2, 0.25) is 0 Å². The summed E-state index contributed by atoms with van der Waals surface area (Å²) in [5.41, 5.74) is 0. The maximum absolute atomic E-state index is 10.6. The van der Waals surface area contributed by atoms with E-state index in [-0.39, 0.29) is 0 Å². The molecule has 0 aliphatic carbocycles. The molecule has 0 spiro atoms. The molecule has 1 atom stereocenters. The van der Waals surface area contributed by atoms with Gasteiger partial charge in [0.2, 0.25) is 0 Å². The van der Waals surface area contributed by atoms with E-state index in [0.717, 1.165) is 25.3 Å². The average Bonchev–Trinajstić information content (AvgIpc) is 1.96. The quantitative estimate of drug-likeness (QED) is 0.591. The lowest BCUT2D eigenvalue weighted by Crippen LogP contribution is -2.18. The smallest absolute Gasteiger partial charge is 0.0244 e. The number of hydrogen-bond donors (Lipinski definition) is 1. The van der Waals surface area contributed by atoms with E-state index in [1.165, 1.54) is 12.8 Å². The third-order valence-electron chi connectivity index (χ3n) is 1.49. The van der Waals surface area contributed by atoms with Gasteiger partial charge in [-0.3, -0.25) is 4.21 Å². The van der Waals surface area contributed by atoms with Crippen LogP contribution in [0.4, 0.5) is 0 Å². The molecule has 0 bridgehead atoms. The van der Waals surface area contributed by atoms with Gasteiger partial charge in [-0.2, -0.15) is 0 Å². The predicted octanol–water partition coefficient (Wildman–Crippen LogP) is 1.14. The molecular weight excluding hydrogens is 158 g/mol. The summed E-state index contributed by atoms with van der Waals surface area (Å²) in [5, 5.41) is 3.31. The van der Waals surface area contributed by atoms with Crippen LogP contribution >= 0.6 is 0 Å². The maximum Gasteiger partial charge on any atom is 0.0244 e. The minimum absolute atomic E-state index is 0.613. The van der Waals surface area contributed by atoms with Crippen molar-refractivity contribution in [2.24, 2.45) is 0 Å². The topological polar surface area (TPSA) is 29.1 Å². The minimum Gasteiger partial charge on any atom is -0.317 e. The maximum atomic E-state index is 10.6. The van der Waals surface area contributed by atoms with Gasteiger partial charge < -0.3 is 5.32 Å². The fourth-order valence-corrected chi connectivity index (χ4v) is 1.38. The Balaban J connectivity index is 2.85. The first-order valence-electron chi connectivity index (χ1n) is 4.28. The Morgan fingerprint density at radius 1 is 1.27 bits per heavy atom. The van der Waals surface area contributed by atoms with E-state index in [0.29, 0.717) is 0 Å². The molecule has 0 aliphatic rings. The van der Waals surface area contributed by atoms with E-state index >= 15 is 0 Å². The second kappa shape index (κ2) is 8.21. The molecule has 0 rings (SSSR count). The molecule has 0 aromatic carbocycles. The first kappa shape index (κ1) is 11.1. The van der Waals surface area contributed by atoms with Gasteiger partial charge in [-0.25, -0.2) is 0 Å². The normalized spacial score (nSPS) is 13.3. The fourth-order valence-electron chi connectivity index (χ4n) is 0.827. The summed E-state index contributed by atoms with van der Waals surface area (Å²) in [6, 6.07) is 0. The van der Waals surface area contributed by atoms with Gasteiger partial charge in [0.15, 0.2) is 0 Å². The number of rotatable bonds is 7. The van der Waals surface area contributed by atoms with Crippen LogP contribution in [0.15, 0.2) is 0 Å². The monoisotopic (exact) mass is 177 g/mol. The van der Waals surface area contributed by atoms with E-state index in [1.54, 1.807) is 6.26 Å². The van der Waals surface area contributed by atoms with Crippen LogP contribution in [0.1, 0.15) is 26.2 Å². The molecule has 0 radical (unpaired) electrons. The van der Waals surface area contributed by atoms with Crippen LogP contribution in [0.5, 0.6) is 0 Å². The molecule has 0 saturated carbocycles. The Kier molecular flexibility index (Phi) is 8.29. The van der Waals surface area contributed by atoms with Gasteiger partial charge in [-0.15, -0.1) is 0 Å². The molecular formula is C8H19NOS. The molecule has 0 aromatic rings. The fraction of sp³-hybridized carbons (Fsp3) is 1.00. The molecule has 0 aromatic heterocycles. The summed E-state index contributed by atoms with van der Waals surface area (Å²) >= 11 is 0. The molecule has 1 N–H and O–H groups in total. The Morgan fingerprint density at radius 2 is 1.91 bits per heavy atom. The van der Waals surface area contributed by atoms with Crippen LogP contribution in [0, 0.1) is 0 Å². The Labute approximate surface area is 72.2 Å². The van der Waals surface area contributed by atoms with Crippen molar-refractivity contribution in [3.05, 3.63) is 0 Å². The van der Waals surface area contributed by atoms with Gasteiger partial charge in [0.1, 0.15) is 0 Å². The second-order valence-corrected chi connectivity index (χ2v) is 4.29. The van der Waals surface area contributed by atoms with Crippen LogP contribution in [-0.4, -0.2) is 29.3 Å². The molecule has 0 saturated heterocycles. The summed E-state index contributed by atoms with van der Waals surface area (Å²) in [6.07, 6.45) is 5.28. The SMILES string of the molecule is CCCCNCCCS(C)=O. The number of hydrogen-bond acceptors (Lipinski definition) is 2. The molecule has 68 valence electrons. The van der Waals surface area contributed by atoms with Crippen molar-refractivity contribution < 1.29 is 4.21 Å². The number of unbranched alkanes of at least 4 members (excludes halogenated alkanes) is 1. The zero-order valence-electron chi connectivity index (χ0n) is 7.56. The highest BCUT2D eigenvalue weighted by Crippen LogP contribution is 1.84. The molecule has 0 heterocycles. The molecule has 0 fully saturated rings. The van der Waals surface area contributed by atoms with Gasteiger partial charge in [0.25, 0.3) is 0 Å². The summed E-state index contributed by atoms with van der Waals surface area (Å²) in [6.45, 7) is 4.30. The van der Waals surface area contributed by atoms with Crippen LogP contribution in [-0.2, 0) is 10.8 Å². The molecule has 0 amide bonds. The highest BCUT2D eigenvalue weighted by molar-refractivity contribution is 7.84. The Morgan fingerprint density at radius 3 is 2.45 bits per heavy atom. The summed E-state index contributed by atoms with van der Waals surface area (Å²) < 4.78 is 10.6. The van der Waals surface area contributed by atoms with E-state index in [4.69, 9.17) is 0 Å². The predicted molar refractivity (Wildman–Crippen MR) is 51.3 cm³/mol. The van der Waals surface area contributed by atoms with Crippen LogP contribution in [0.3, 0.4) is 0 Å². The minimum atomic E-state index is -0.613. The van der Waals surface area contributed by atoms with Crippen molar-refractivity contribution in [2.75, 3.05) is 25.1 Å². The summed E-state index contributed by atoms with van der Waals surface area (Å²) in [4.78, 5) is 0. The highest BCUT2D eigenvalue weighted by Gasteiger charge is 1.90. The molecule has 3 heteroatoms. The molecule has 11 heavy (non-hydrogen) atoms. The Bertz CT molecular complexity index is 106. The molecule has 2 nitrogen and oxygen atoms in total. The van der Waals surface area contributed by atoms with Crippen LogP contribution in [0.25, 0.3) is 0 Å². The lowest BCUT2D eigenvalue weighted by Gasteiger charge is -2.01. The van der Waals surface area contributed by atoms with Crippen molar-refractivity contribution in [2.45, 2.75) is 26.2 Å². The first-order valence-corrected chi connectivity index (χ1v) is 6.00. The molecule has 1 unspecified atom stereocenters. The molecule has 0 aliphatic heterocycles. The van der Waals surface area contributed by atoms with Crippen molar-refractivity contribution >= 4 is 10.8 Å². The highest BCUT2D eigenvalue weighted by atomic mass is 32.2. The van der Waals surface area contributed by atoms with Crippen molar-refractivity contribution in [1.82, 2.24) is 5.32 Å². The lowest BCUT2D eigenvalue weighted by molar-refractivity contribution is 0.630. The van der Waals surface area contributed by atoms with Gasteiger partial charge in [-0.05, 0) is 25.9 Å². The van der Waals surface area contributed by atoms with Crippen molar-refractivity contribution in [1.29, 1.82) is 0 Å². The average molecular weight is 177 g/mol. The zero-order chi connectivity index (χ0) is 8.53. The third-order valence-corrected chi connectivity index (χ3v) is 2.36. The first-order chi connectivity index (χ1) is 5.27. The largest absolute Gasteiger partial charge is 0.317 e.